The molecule has 186 valence electrons. The monoisotopic (exact) mass is 505 g/mol. The fourth-order valence-electron chi connectivity index (χ4n) is 4.67. The lowest BCUT2D eigenvalue weighted by atomic mass is 9.95. The Labute approximate surface area is 209 Å². The van der Waals surface area contributed by atoms with Crippen LogP contribution in [0.15, 0.2) is 81.1 Å². The van der Waals surface area contributed by atoms with Crippen LogP contribution in [0.5, 0.6) is 0 Å². The lowest BCUT2D eigenvalue weighted by Gasteiger charge is -2.31. The van der Waals surface area contributed by atoms with E-state index in [0.29, 0.717) is 48.3 Å². The van der Waals surface area contributed by atoms with Crippen molar-refractivity contribution in [1.82, 2.24) is 14.5 Å². The van der Waals surface area contributed by atoms with Gasteiger partial charge in [0.25, 0.3) is 5.91 Å². The van der Waals surface area contributed by atoms with Crippen LogP contribution in [-0.2, 0) is 16.4 Å². The number of piperidine rings is 1. The Hall–Kier alpha value is -3.72. The number of aryl methyl sites for hydroxylation is 2. The lowest BCUT2D eigenvalue weighted by molar-refractivity contribution is 0.0706. The standard InChI is InChI=1S/C27H27N3O5S/c1-19-6-8-22(9-7-19)36(33,34)17-16-29-15-12-28-25(29)20-10-13-30(14-11-20)26(31)23-18-21-4-2-3-5-24(21)35-27(23)32/h2-9,12,15,18,20H,10-11,13-14,16-17H2,1H3. The van der Waals surface area contributed by atoms with Crippen molar-refractivity contribution >= 4 is 26.7 Å². The molecule has 0 saturated carbocycles. The van der Waals surface area contributed by atoms with Gasteiger partial charge in [-0.15, -0.1) is 0 Å². The predicted octanol–water partition coefficient (Wildman–Crippen LogP) is 3.79. The number of imidazole rings is 1. The minimum Gasteiger partial charge on any atom is -0.422 e. The highest BCUT2D eigenvalue weighted by Crippen LogP contribution is 2.28. The van der Waals surface area contributed by atoms with E-state index in [1.165, 1.54) is 0 Å². The molecule has 1 fully saturated rings. The summed E-state index contributed by atoms with van der Waals surface area (Å²) in [6.45, 7) is 3.18. The minimum atomic E-state index is -3.41. The molecular formula is C27H27N3O5S. The molecule has 1 saturated heterocycles. The summed E-state index contributed by atoms with van der Waals surface area (Å²) in [5, 5.41) is 0.706. The first kappa shape index (κ1) is 24.0. The SMILES string of the molecule is Cc1ccc(S(=O)(=O)CCn2ccnc2C2CCN(C(=O)c3cc4ccccc4oc3=O)CC2)cc1. The largest absolute Gasteiger partial charge is 0.422 e. The third kappa shape index (κ3) is 4.83. The van der Waals surface area contributed by atoms with Crippen molar-refractivity contribution < 1.29 is 17.6 Å². The molecule has 0 N–H and O–H groups in total. The van der Waals surface area contributed by atoms with Crippen LogP contribution in [0.1, 0.15) is 40.5 Å². The van der Waals surface area contributed by atoms with Gasteiger partial charge in [-0.25, -0.2) is 18.2 Å². The summed E-state index contributed by atoms with van der Waals surface area (Å²) in [7, 11) is -3.41. The molecule has 2 aromatic heterocycles. The van der Waals surface area contributed by atoms with Crippen molar-refractivity contribution in [3.63, 3.8) is 0 Å². The van der Waals surface area contributed by atoms with Gasteiger partial charge in [-0.3, -0.25) is 4.79 Å². The van der Waals surface area contributed by atoms with E-state index in [1.54, 1.807) is 65.8 Å². The molecule has 1 aliphatic heterocycles. The minimum absolute atomic E-state index is 0.0194. The quantitative estimate of drug-likeness (QED) is 0.370. The topological polar surface area (TPSA) is 102 Å². The predicted molar refractivity (Wildman–Crippen MR) is 136 cm³/mol. The average Bonchev–Trinajstić information content (AvgIpc) is 3.36. The maximum Gasteiger partial charge on any atom is 0.349 e. The Kier molecular flexibility index (Phi) is 6.49. The van der Waals surface area contributed by atoms with Crippen LogP contribution in [0.2, 0.25) is 0 Å². The number of carbonyl (C=O) groups excluding carboxylic acids is 1. The number of amides is 1. The van der Waals surface area contributed by atoms with E-state index in [4.69, 9.17) is 4.42 Å². The molecule has 3 heterocycles. The molecule has 1 amide bonds. The molecule has 0 radical (unpaired) electrons. The van der Waals surface area contributed by atoms with Crippen LogP contribution in [-0.4, -0.2) is 47.6 Å². The van der Waals surface area contributed by atoms with Crippen LogP contribution in [0.4, 0.5) is 0 Å². The van der Waals surface area contributed by atoms with Crippen molar-refractivity contribution in [2.45, 2.75) is 37.1 Å². The summed E-state index contributed by atoms with van der Waals surface area (Å²) >= 11 is 0. The van der Waals surface area contributed by atoms with Gasteiger partial charge in [0, 0.05) is 43.3 Å². The van der Waals surface area contributed by atoms with Gasteiger partial charge in [0.2, 0.25) is 0 Å². The summed E-state index contributed by atoms with van der Waals surface area (Å²) in [6.07, 6.45) is 4.84. The number of benzene rings is 2. The van der Waals surface area contributed by atoms with E-state index in [-0.39, 0.29) is 23.1 Å². The molecule has 0 atom stereocenters. The van der Waals surface area contributed by atoms with Crippen LogP contribution in [0.3, 0.4) is 0 Å². The first-order chi connectivity index (χ1) is 17.3. The van der Waals surface area contributed by atoms with Gasteiger partial charge in [-0.05, 0) is 44.0 Å². The smallest absolute Gasteiger partial charge is 0.349 e. The zero-order valence-electron chi connectivity index (χ0n) is 20.0. The van der Waals surface area contributed by atoms with Gasteiger partial charge in [0.05, 0.1) is 10.6 Å². The number of nitrogens with zero attached hydrogens (tertiary/aromatic N) is 3. The first-order valence-corrected chi connectivity index (χ1v) is 13.6. The van der Waals surface area contributed by atoms with Gasteiger partial charge < -0.3 is 13.9 Å². The van der Waals surface area contributed by atoms with Crippen molar-refractivity contribution in [2.24, 2.45) is 0 Å². The number of carbonyl (C=O) groups is 1. The number of rotatable bonds is 6. The molecule has 9 heteroatoms. The molecule has 5 rings (SSSR count). The highest BCUT2D eigenvalue weighted by atomic mass is 32.2. The number of fused-ring (bicyclic) bond motifs is 1. The van der Waals surface area contributed by atoms with Crippen LogP contribution in [0.25, 0.3) is 11.0 Å². The van der Waals surface area contributed by atoms with E-state index in [2.05, 4.69) is 4.98 Å². The van der Waals surface area contributed by atoms with Gasteiger partial charge in [0.1, 0.15) is 17.0 Å². The van der Waals surface area contributed by atoms with Crippen molar-refractivity contribution in [1.29, 1.82) is 0 Å². The second kappa shape index (κ2) is 9.73. The molecule has 0 spiro atoms. The summed E-state index contributed by atoms with van der Waals surface area (Å²) in [5.41, 5.74) is 0.868. The fourth-order valence-corrected chi connectivity index (χ4v) is 5.90. The summed E-state index contributed by atoms with van der Waals surface area (Å²) in [5.74, 6) is 0.570. The van der Waals surface area contributed by atoms with Gasteiger partial charge in [0.15, 0.2) is 9.84 Å². The van der Waals surface area contributed by atoms with E-state index in [9.17, 15) is 18.0 Å². The Balaban J connectivity index is 1.24. The normalized spacial score (nSPS) is 14.9. The van der Waals surface area contributed by atoms with Crippen molar-refractivity contribution in [3.8, 4) is 0 Å². The number of hydrogen-bond acceptors (Lipinski definition) is 6. The molecule has 0 bridgehead atoms. The lowest BCUT2D eigenvalue weighted by Crippen LogP contribution is -2.40. The Morgan fingerprint density at radius 1 is 1.08 bits per heavy atom. The van der Waals surface area contributed by atoms with Crippen LogP contribution < -0.4 is 5.63 Å². The zero-order valence-corrected chi connectivity index (χ0v) is 20.8. The molecular weight excluding hydrogens is 478 g/mol. The average molecular weight is 506 g/mol. The Bertz CT molecular complexity index is 1560. The number of hydrogen-bond donors (Lipinski definition) is 0. The number of aromatic nitrogens is 2. The number of sulfone groups is 1. The molecule has 0 aliphatic carbocycles. The zero-order chi connectivity index (χ0) is 25.3. The van der Waals surface area contributed by atoms with Crippen LogP contribution >= 0.6 is 0 Å². The summed E-state index contributed by atoms with van der Waals surface area (Å²) in [4.78, 5) is 32.0. The highest BCUT2D eigenvalue weighted by molar-refractivity contribution is 7.91. The maximum absolute atomic E-state index is 13.1. The van der Waals surface area contributed by atoms with E-state index >= 15 is 0 Å². The van der Waals surface area contributed by atoms with Gasteiger partial charge in [-0.1, -0.05) is 35.9 Å². The van der Waals surface area contributed by atoms with Crippen molar-refractivity contribution in [2.75, 3.05) is 18.8 Å². The molecule has 1 aliphatic rings. The van der Waals surface area contributed by atoms with Crippen molar-refractivity contribution in [3.05, 3.63) is 94.4 Å². The maximum atomic E-state index is 13.1. The number of likely N-dealkylation sites (tertiary alicyclic amines) is 1. The highest BCUT2D eigenvalue weighted by Gasteiger charge is 2.29. The summed E-state index contributed by atoms with van der Waals surface area (Å²) in [6, 6.07) is 15.6. The van der Waals surface area contributed by atoms with Gasteiger partial charge >= 0.3 is 5.63 Å². The third-order valence-corrected chi connectivity index (χ3v) is 8.46. The fraction of sp³-hybridized carbons (Fsp3) is 0.296. The molecule has 36 heavy (non-hydrogen) atoms. The van der Waals surface area contributed by atoms with E-state index < -0.39 is 15.5 Å². The Morgan fingerprint density at radius 2 is 1.81 bits per heavy atom. The molecule has 8 nitrogen and oxygen atoms in total. The molecule has 4 aromatic rings. The third-order valence-electron chi connectivity index (χ3n) is 6.75. The number of para-hydroxylation sites is 1. The second-order valence-electron chi connectivity index (χ2n) is 9.16. The van der Waals surface area contributed by atoms with Crippen LogP contribution in [0, 0.1) is 6.92 Å². The summed E-state index contributed by atoms with van der Waals surface area (Å²) < 4.78 is 32.8. The van der Waals surface area contributed by atoms with E-state index in [0.717, 1.165) is 11.4 Å². The molecule has 0 unspecified atom stereocenters. The van der Waals surface area contributed by atoms with E-state index in [1.807, 2.05) is 17.6 Å². The Morgan fingerprint density at radius 3 is 2.56 bits per heavy atom. The first-order valence-electron chi connectivity index (χ1n) is 11.9. The molecule has 2 aromatic carbocycles. The van der Waals surface area contributed by atoms with Gasteiger partial charge in [-0.2, -0.15) is 0 Å². The second-order valence-corrected chi connectivity index (χ2v) is 11.3.